The molecule has 0 radical (unpaired) electrons. The zero-order valence-electron chi connectivity index (χ0n) is 16.6. The normalized spacial score (nSPS) is 21.0. The van der Waals surface area contributed by atoms with E-state index >= 15 is 0 Å². The second-order valence-corrected chi connectivity index (χ2v) is 7.91. The van der Waals surface area contributed by atoms with Gasteiger partial charge in [0.15, 0.2) is 5.69 Å². The molecule has 2 aliphatic rings. The van der Waals surface area contributed by atoms with Crippen molar-refractivity contribution < 1.29 is 9.53 Å². The van der Waals surface area contributed by atoms with Gasteiger partial charge in [0.25, 0.3) is 5.91 Å². The first-order chi connectivity index (χ1) is 12.6. The molecule has 26 heavy (non-hydrogen) atoms. The number of fused-ring (bicyclic) bond motifs is 1. The fraction of sp³-hybridized carbons (Fsp3) is 0.800. The Bertz CT molecular complexity index is 607. The van der Waals surface area contributed by atoms with E-state index in [0.29, 0.717) is 17.7 Å². The number of ether oxygens (including phenoxy) is 1. The molecule has 6 heteroatoms. The Morgan fingerprint density at radius 1 is 1.31 bits per heavy atom. The van der Waals surface area contributed by atoms with Gasteiger partial charge in [0.1, 0.15) is 0 Å². The van der Waals surface area contributed by atoms with Crippen molar-refractivity contribution in [2.75, 3.05) is 34.4 Å². The molecule has 0 aliphatic heterocycles. The molecule has 6 nitrogen and oxygen atoms in total. The number of amides is 1. The van der Waals surface area contributed by atoms with Crippen LogP contribution in [-0.2, 0) is 24.1 Å². The van der Waals surface area contributed by atoms with Gasteiger partial charge in [0.05, 0.1) is 6.61 Å². The van der Waals surface area contributed by atoms with Gasteiger partial charge in [-0.2, -0.15) is 5.10 Å². The lowest BCUT2D eigenvalue weighted by Gasteiger charge is -2.32. The van der Waals surface area contributed by atoms with Crippen molar-refractivity contribution in [3.8, 4) is 0 Å². The molecule has 0 saturated heterocycles. The Morgan fingerprint density at radius 3 is 2.77 bits per heavy atom. The lowest BCUT2D eigenvalue weighted by atomic mass is 9.88. The lowest BCUT2D eigenvalue weighted by molar-refractivity contribution is 0.0954. The van der Waals surface area contributed by atoms with E-state index in [1.807, 2.05) is 0 Å². The van der Waals surface area contributed by atoms with Crippen molar-refractivity contribution in [2.24, 2.45) is 5.92 Å². The number of rotatable bonds is 7. The highest BCUT2D eigenvalue weighted by Gasteiger charge is 2.31. The number of hydrogen-bond donors (Lipinski definition) is 1. The number of likely N-dealkylation sites (N-methyl/N-ethyl adjacent to an activating group) is 1. The molecule has 1 heterocycles. The summed E-state index contributed by atoms with van der Waals surface area (Å²) in [5, 5.41) is 7.55. The standard InChI is InChI=1S/C20H34N4O2/c1-21-20(25)19-17-13-16(23(2)11-12-26-3)9-10-18(17)24(22-19)14-15-7-5-4-6-8-15/h15-16H,4-14H2,1-3H3,(H,21,25)/t16-/m0/s1. The summed E-state index contributed by atoms with van der Waals surface area (Å²) in [7, 11) is 5.59. The molecule has 1 N–H and O–H groups in total. The Hall–Kier alpha value is -1.40. The second-order valence-electron chi connectivity index (χ2n) is 7.91. The Morgan fingerprint density at radius 2 is 2.08 bits per heavy atom. The number of carbonyl (C=O) groups is 1. The maximum Gasteiger partial charge on any atom is 0.271 e. The lowest BCUT2D eigenvalue weighted by Crippen LogP contribution is -2.39. The summed E-state index contributed by atoms with van der Waals surface area (Å²) < 4.78 is 7.39. The smallest absolute Gasteiger partial charge is 0.271 e. The quantitative estimate of drug-likeness (QED) is 0.808. The minimum Gasteiger partial charge on any atom is -0.383 e. The third-order valence-electron chi connectivity index (χ3n) is 6.19. The number of carbonyl (C=O) groups excluding carboxylic acids is 1. The van der Waals surface area contributed by atoms with Crippen LogP contribution in [0.4, 0.5) is 0 Å². The van der Waals surface area contributed by atoms with Crippen LogP contribution in [-0.4, -0.2) is 61.0 Å². The van der Waals surface area contributed by atoms with E-state index in [0.717, 1.165) is 39.0 Å². The van der Waals surface area contributed by atoms with Gasteiger partial charge in [-0.05, 0) is 45.1 Å². The van der Waals surface area contributed by atoms with Crippen LogP contribution in [0.15, 0.2) is 0 Å². The maximum absolute atomic E-state index is 12.4. The zero-order valence-corrected chi connectivity index (χ0v) is 16.6. The van der Waals surface area contributed by atoms with Crippen LogP contribution in [0, 0.1) is 5.92 Å². The molecule has 0 unspecified atom stereocenters. The van der Waals surface area contributed by atoms with Crippen LogP contribution in [0.5, 0.6) is 0 Å². The summed E-state index contributed by atoms with van der Waals surface area (Å²) in [6, 6.07) is 0.452. The second kappa shape index (κ2) is 9.00. The van der Waals surface area contributed by atoms with E-state index in [2.05, 4.69) is 21.9 Å². The Kier molecular flexibility index (Phi) is 6.70. The SMILES string of the molecule is CNC(=O)c1nn(CC2CCCCC2)c2c1C[C@@H](N(C)CCOC)CC2. The van der Waals surface area contributed by atoms with E-state index in [-0.39, 0.29) is 5.91 Å². The van der Waals surface area contributed by atoms with Gasteiger partial charge < -0.3 is 15.0 Å². The number of aromatic nitrogens is 2. The number of methoxy groups -OCH3 is 1. The largest absolute Gasteiger partial charge is 0.383 e. The molecule has 146 valence electrons. The van der Waals surface area contributed by atoms with E-state index in [1.165, 1.54) is 43.4 Å². The Labute approximate surface area is 157 Å². The van der Waals surface area contributed by atoms with Crippen molar-refractivity contribution in [3.05, 3.63) is 17.0 Å². The van der Waals surface area contributed by atoms with Gasteiger partial charge in [-0.15, -0.1) is 0 Å². The van der Waals surface area contributed by atoms with Crippen LogP contribution in [0.25, 0.3) is 0 Å². The zero-order chi connectivity index (χ0) is 18.5. The Balaban J connectivity index is 1.79. The van der Waals surface area contributed by atoms with Gasteiger partial charge >= 0.3 is 0 Å². The van der Waals surface area contributed by atoms with Gasteiger partial charge in [-0.3, -0.25) is 9.48 Å². The molecule has 1 saturated carbocycles. The van der Waals surface area contributed by atoms with Crippen LogP contribution in [0.1, 0.15) is 60.3 Å². The summed E-state index contributed by atoms with van der Waals surface area (Å²) in [6.45, 7) is 2.63. The maximum atomic E-state index is 12.4. The number of nitrogens with zero attached hydrogens (tertiary/aromatic N) is 3. The average molecular weight is 363 g/mol. The molecular formula is C20H34N4O2. The van der Waals surface area contributed by atoms with E-state index in [1.54, 1.807) is 14.2 Å². The van der Waals surface area contributed by atoms with Gasteiger partial charge in [0.2, 0.25) is 0 Å². The van der Waals surface area contributed by atoms with Crippen molar-refractivity contribution in [1.29, 1.82) is 0 Å². The molecule has 3 rings (SSSR count). The van der Waals surface area contributed by atoms with Crippen molar-refractivity contribution in [2.45, 2.75) is 64.0 Å². The fourth-order valence-electron chi connectivity index (χ4n) is 4.53. The topological polar surface area (TPSA) is 59.4 Å². The molecule has 1 amide bonds. The van der Waals surface area contributed by atoms with Crippen molar-refractivity contribution in [1.82, 2.24) is 20.0 Å². The molecular weight excluding hydrogens is 328 g/mol. The van der Waals surface area contributed by atoms with Crippen molar-refractivity contribution >= 4 is 5.91 Å². The average Bonchev–Trinajstić information content (AvgIpc) is 3.04. The number of hydrogen-bond acceptors (Lipinski definition) is 4. The summed E-state index contributed by atoms with van der Waals surface area (Å²) in [4.78, 5) is 14.8. The molecule has 1 fully saturated rings. The third-order valence-corrected chi connectivity index (χ3v) is 6.19. The first-order valence-electron chi connectivity index (χ1n) is 10.1. The predicted octanol–water partition coefficient (Wildman–Crippen LogP) is 2.26. The van der Waals surface area contributed by atoms with Gasteiger partial charge in [-0.25, -0.2) is 0 Å². The van der Waals surface area contributed by atoms with Crippen LogP contribution < -0.4 is 5.32 Å². The predicted molar refractivity (Wildman–Crippen MR) is 103 cm³/mol. The summed E-state index contributed by atoms with van der Waals surface area (Å²) in [5.41, 5.74) is 3.11. The molecule has 1 aromatic heterocycles. The molecule has 2 aliphatic carbocycles. The number of nitrogens with one attached hydrogen (secondary N) is 1. The van der Waals surface area contributed by atoms with Crippen LogP contribution in [0.3, 0.4) is 0 Å². The molecule has 0 aromatic carbocycles. The minimum atomic E-state index is -0.0520. The first-order valence-corrected chi connectivity index (χ1v) is 10.1. The van der Waals surface area contributed by atoms with Crippen LogP contribution >= 0.6 is 0 Å². The summed E-state index contributed by atoms with van der Waals surface area (Å²) in [5.74, 6) is 0.663. The third kappa shape index (κ3) is 4.29. The van der Waals surface area contributed by atoms with Gasteiger partial charge in [0, 0.05) is 44.5 Å². The van der Waals surface area contributed by atoms with Gasteiger partial charge in [-0.1, -0.05) is 19.3 Å². The molecule has 1 aromatic rings. The van der Waals surface area contributed by atoms with E-state index in [9.17, 15) is 4.79 Å². The molecule has 0 spiro atoms. The molecule has 0 bridgehead atoms. The molecule has 1 atom stereocenters. The van der Waals surface area contributed by atoms with Crippen LogP contribution in [0.2, 0.25) is 0 Å². The first kappa shape index (κ1) is 19.4. The highest BCUT2D eigenvalue weighted by atomic mass is 16.5. The monoisotopic (exact) mass is 362 g/mol. The van der Waals surface area contributed by atoms with E-state index < -0.39 is 0 Å². The minimum absolute atomic E-state index is 0.0520. The van der Waals surface area contributed by atoms with Crippen molar-refractivity contribution in [3.63, 3.8) is 0 Å². The van der Waals surface area contributed by atoms with E-state index in [4.69, 9.17) is 9.84 Å². The highest BCUT2D eigenvalue weighted by Crippen LogP contribution is 2.30. The summed E-state index contributed by atoms with van der Waals surface area (Å²) >= 11 is 0. The fourth-order valence-corrected chi connectivity index (χ4v) is 4.53. The highest BCUT2D eigenvalue weighted by molar-refractivity contribution is 5.93. The summed E-state index contributed by atoms with van der Waals surface area (Å²) in [6.07, 6.45) is 9.67.